The summed E-state index contributed by atoms with van der Waals surface area (Å²) in [6.07, 6.45) is 0. The molecule has 0 unspecified atom stereocenters. The fraction of sp³-hybridized carbons (Fsp3) is 0. The fourth-order valence-corrected chi connectivity index (χ4v) is 0.957. The molecule has 0 bridgehead atoms. The molecule has 0 aliphatic rings. The second kappa shape index (κ2) is 2.73. The maximum absolute atomic E-state index is 8.39. The molecular formula is C6H5BrN2. The molecule has 3 heteroatoms. The van der Waals surface area contributed by atoms with Gasteiger partial charge in [0.1, 0.15) is 0 Å². The lowest BCUT2D eigenvalue weighted by molar-refractivity contribution is -0.379. The van der Waals surface area contributed by atoms with E-state index in [1.54, 1.807) is 12.1 Å². The highest BCUT2D eigenvalue weighted by Gasteiger charge is 1.89. The first-order valence-corrected chi connectivity index (χ1v) is 3.28. The molecule has 0 saturated carbocycles. The number of hydrogen-bond acceptors (Lipinski definition) is 0. The van der Waals surface area contributed by atoms with Crippen LogP contribution < -0.4 is 5.11 Å². The minimum Gasteiger partial charge on any atom is -0.502 e. The predicted molar refractivity (Wildman–Crippen MR) is 38.1 cm³/mol. The zero-order chi connectivity index (χ0) is 6.69. The number of nitrogens with zero attached hydrogens (tertiary/aromatic N) is 1. The van der Waals surface area contributed by atoms with Gasteiger partial charge in [0.05, 0.1) is 0 Å². The third kappa shape index (κ3) is 1.61. The van der Waals surface area contributed by atoms with Crippen LogP contribution in [-0.4, -0.2) is 0 Å². The third-order valence-electron chi connectivity index (χ3n) is 0.954. The largest absolute Gasteiger partial charge is 0.502 e. The molecule has 0 atom stereocenters. The average Bonchev–Trinajstić information content (AvgIpc) is 1.88. The standard InChI is InChI=1S/C6H5BrN2/c7-5-2-1-3-6(4-5)9-8/h1-4,9H. The maximum atomic E-state index is 8.39. The van der Waals surface area contributed by atoms with Crippen molar-refractivity contribution in [3.05, 3.63) is 34.3 Å². The number of nitrogens with one attached hydrogen (secondary N) is 1. The first kappa shape index (κ1) is 6.42. The summed E-state index contributed by atoms with van der Waals surface area (Å²) in [6.45, 7) is 0. The molecule has 2 nitrogen and oxygen atoms in total. The topological polar surface area (TPSA) is 36.3 Å². The Hall–Kier alpha value is -0.700. The van der Waals surface area contributed by atoms with E-state index in [1.807, 2.05) is 17.2 Å². The van der Waals surface area contributed by atoms with E-state index in [1.165, 1.54) is 0 Å². The van der Waals surface area contributed by atoms with Crippen molar-refractivity contribution in [2.75, 3.05) is 0 Å². The van der Waals surface area contributed by atoms with Gasteiger partial charge in [-0.1, -0.05) is 22.0 Å². The van der Waals surface area contributed by atoms with Crippen molar-refractivity contribution in [3.8, 4) is 0 Å². The Morgan fingerprint density at radius 1 is 1.44 bits per heavy atom. The SMILES string of the molecule is [N-]=[NH+]c1cccc(Br)c1. The van der Waals surface area contributed by atoms with E-state index in [0.29, 0.717) is 5.69 Å². The molecule has 0 aliphatic carbocycles. The predicted octanol–water partition coefficient (Wildman–Crippen LogP) is 1.18. The van der Waals surface area contributed by atoms with Gasteiger partial charge in [0, 0.05) is 16.6 Å². The molecule has 9 heavy (non-hydrogen) atoms. The highest BCUT2D eigenvalue weighted by molar-refractivity contribution is 9.10. The van der Waals surface area contributed by atoms with Crippen molar-refractivity contribution in [2.45, 2.75) is 0 Å². The van der Waals surface area contributed by atoms with Crippen molar-refractivity contribution in [2.24, 2.45) is 0 Å². The van der Waals surface area contributed by atoms with Gasteiger partial charge in [-0.15, -0.1) is 0 Å². The second-order valence-corrected chi connectivity index (χ2v) is 2.54. The van der Waals surface area contributed by atoms with Gasteiger partial charge >= 0.3 is 0 Å². The van der Waals surface area contributed by atoms with Crippen LogP contribution in [0.25, 0.3) is 5.53 Å². The van der Waals surface area contributed by atoms with E-state index in [0.717, 1.165) is 4.47 Å². The number of hydrogen-bond donors (Lipinski definition) is 1. The number of benzene rings is 1. The van der Waals surface area contributed by atoms with Crippen LogP contribution in [0.5, 0.6) is 0 Å². The van der Waals surface area contributed by atoms with Crippen LogP contribution in [0.2, 0.25) is 0 Å². The van der Waals surface area contributed by atoms with Crippen molar-refractivity contribution >= 4 is 21.6 Å². The Bertz CT molecular complexity index is 222. The maximum Gasteiger partial charge on any atom is 0.193 e. The molecule has 1 N–H and O–H groups in total. The van der Waals surface area contributed by atoms with Crippen molar-refractivity contribution < 1.29 is 5.11 Å². The smallest absolute Gasteiger partial charge is 0.193 e. The minimum absolute atomic E-state index is 0.685. The zero-order valence-corrected chi connectivity index (χ0v) is 6.22. The van der Waals surface area contributed by atoms with Gasteiger partial charge in [-0.05, 0) is 6.07 Å². The van der Waals surface area contributed by atoms with Gasteiger partial charge in [0.25, 0.3) is 0 Å². The van der Waals surface area contributed by atoms with Crippen LogP contribution in [0.1, 0.15) is 0 Å². The summed E-state index contributed by atoms with van der Waals surface area (Å²) in [5, 5.41) is 2.04. The zero-order valence-electron chi connectivity index (χ0n) is 4.63. The van der Waals surface area contributed by atoms with Crippen molar-refractivity contribution in [1.82, 2.24) is 0 Å². The monoisotopic (exact) mass is 184 g/mol. The summed E-state index contributed by atoms with van der Waals surface area (Å²) in [7, 11) is 0. The Kier molecular flexibility index (Phi) is 1.95. The summed E-state index contributed by atoms with van der Waals surface area (Å²) >= 11 is 3.25. The molecule has 1 rings (SSSR count). The minimum atomic E-state index is 0.685. The van der Waals surface area contributed by atoms with E-state index in [4.69, 9.17) is 5.53 Å². The van der Waals surface area contributed by atoms with E-state index in [-0.39, 0.29) is 0 Å². The molecule has 0 heterocycles. The van der Waals surface area contributed by atoms with Crippen molar-refractivity contribution in [3.63, 3.8) is 0 Å². The molecule has 0 aliphatic heterocycles. The van der Waals surface area contributed by atoms with Gasteiger partial charge in [0.2, 0.25) is 0 Å². The number of halogens is 1. The summed E-state index contributed by atoms with van der Waals surface area (Å²) in [5.41, 5.74) is 9.08. The molecule has 46 valence electrons. The van der Waals surface area contributed by atoms with E-state index < -0.39 is 0 Å². The Labute approximate surface area is 61.5 Å². The highest BCUT2D eigenvalue weighted by atomic mass is 79.9. The molecule has 0 amide bonds. The van der Waals surface area contributed by atoms with Crippen LogP contribution in [0.3, 0.4) is 0 Å². The van der Waals surface area contributed by atoms with Crippen LogP contribution >= 0.6 is 15.9 Å². The molecule has 0 fully saturated rings. The quantitative estimate of drug-likeness (QED) is 0.638. The highest BCUT2D eigenvalue weighted by Crippen LogP contribution is 2.10. The molecule has 1 aromatic carbocycles. The molecule has 1 aromatic rings. The first-order chi connectivity index (χ1) is 4.33. The molecule has 0 radical (unpaired) electrons. The summed E-state index contributed by atoms with van der Waals surface area (Å²) in [4.78, 5) is 0. The lowest BCUT2D eigenvalue weighted by Crippen LogP contribution is -2.54. The van der Waals surface area contributed by atoms with Gasteiger partial charge < -0.3 is 5.53 Å². The average molecular weight is 185 g/mol. The van der Waals surface area contributed by atoms with Crippen molar-refractivity contribution in [1.29, 1.82) is 0 Å². The van der Waals surface area contributed by atoms with Gasteiger partial charge in [0.15, 0.2) is 5.69 Å². The van der Waals surface area contributed by atoms with Gasteiger partial charge in [-0.2, -0.15) is 0 Å². The van der Waals surface area contributed by atoms with E-state index in [9.17, 15) is 0 Å². The van der Waals surface area contributed by atoms with Gasteiger partial charge in [-0.3, -0.25) is 5.11 Å². The van der Waals surface area contributed by atoms with Gasteiger partial charge in [-0.25, -0.2) is 0 Å². The molecular weight excluding hydrogens is 180 g/mol. The van der Waals surface area contributed by atoms with Crippen LogP contribution in [0.15, 0.2) is 28.7 Å². The first-order valence-electron chi connectivity index (χ1n) is 2.48. The molecule has 0 saturated heterocycles. The van der Waals surface area contributed by atoms with Crippen LogP contribution in [0.4, 0.5) is 5.69 Å². The second-order valence-electron chi connectivity index (χ2n) is 1.62. The van der Waals surface area contributed by atoms with Crippen LogP contribution in [0, 0.1) is 0 Å². The van der Waals surface area contributed by atoms with Crippen LogP contribution in [-0.2, 0) is 0 Å². The summed E-state index contributed by atoms with van der Waals surface area (Å²) in [6, 6.07) is 7.27. The molecule has 0 spiro atoms. The summed E-state index contributed by atoms with van der Waals surface area (Å²) < 4.78 is 0.946. The normalized spacial score (nSPS) is 9.00. The lowest BCUT2D eigenvalue weighted by Gasteiger charge is -1.87. The fourth-order valence-electron chi connectivity index (χ4n) is 0.558. The Morgan fingerprint density at radius 3 is 2.67 bits per heavy atom. The number of rotatable bonds is 1. The lowest BCUT2D eigenvalue weighted by atomic mass is 10.3. The molecule has 0 aromatic heterocycles. The Balaban J connectivity index is 3.07. The Morgan fingerprint density at radius 2 is 2.22 bits per heavy atom. The van der Waals surface area contributed by atoms with E-state index >= 15 is 0 Å². The summed E-state index contributed by atoms with van der Waals surface area (Å²) in [5.74, 6) is 0. The third-order valence-corrected chi connectivity index (χ3v) is 1.45. The van der Waals surface area contributed by atoms with E-state index in [2.05, 4.69) is 15.9 Å².